The first kappa shape index (κ1) is 14.2. The summed E-state index contributed by atoms with van der Waals surface area (Å²) in [5.41, 5.74) is -1.51. The molecule has 7 heteroatoms. The summed E-state index contributed by atoms with van der Waals surface area (Å²) in [7, 11) is 0. The summed E-state index contributed by atoms with van der Waals surface area (Å²) in [4.78, 5) is 3.78. The first-order chi connectivity index (χ1) is 9.40. The summed E-state index contributed by atoms with van der Waals surface area (Å²) in [5, 5.41) is 9.11. The molecule has 0 atom stereocenters. The van der Waals surface area contributed by atoms with Crippen molar-refractivity contribution in [2.45, 2.75) is 6.18 Å². The zero-order chi connectivity index (χ0) is 14.8. The van der Waals surface area contributed by atoms with Crippen molar-refractivity contribution < 1.29 is 17.9 Å². The van der Waals surface area contributed by atoms with Crippen molar-refractivity contribution in [2.24, 2.45) is 0 Å². The van der Waals surface area contributed by atoms with E-state index in [1.807, 2.05) is 0 Å². The average molecular weight is 299 g/mol. The Kier molecular flexibility index (Phi) is 3.81. The van der Waals surface area contributed by atoms with Gasteiger partial charge < -0.3 is 4.74 Å². The lowest BCUT2D eigenvalue weighted by Crippen LogP contribution is -2.07. The van der Waals surface area contributed by atoms with Gasteiger partial charge >= 0.3 is 6.18 Å². The molecule has 0 saturated heterocycles. The van der Waals surface area contributed by atoms with Gasteiger partial charge in [0.1, 0.15) is 11.5 Å². The second-order valence-corrected chi connectivity index (χ2v) is 4.19. The topological polar surface area (TPSA) is 45.9 Å². The van der Waals surface area contributed by atoms with Gasteiger partial charge in [-0.2, -0.15) is 18.4 Å². The number of rotatable bonds is 2. The minimum absolute atomic E-state index is 0.0959. The highest BCUT2D eigenvalue weighted by molar-refractivity contribution is 6.30. The highest BCUT2D eigenvalue weighted by Crippen LogP contribution is 2.34. The van der Waals surface area contributed by atoms with E-state index in [4.69, 9.17) is 21.6 Å². The summed E-state index contributed by atoms with van der Waals surface area (Å²) in [5.74, 6) is 0.361. The first-order valence-corrected chi connectivity index (χ1v) is 5.67. The van der Waals surface area contributed by atoms with Crippen molar-refractivity contribution in [3.8, 4) is 17.6 Å². The fraction of sp³-hybridized carbons (Fsp3) is 0.0769. The monoisotopic (exact) mass is 298 g/mol. The smallest absolute Gasteiger partial charge is 0.417 e. The lowest BCUT2D eigenvalue weighted by atomic mass is 10.1. The molecule has 0 amide bonds. The number of pyridine rings is 1. The van der Waals surface area contributed by atoms with Gasteiger partial charge in [0.15, 0.2) is 0 Å². The van der Waals surface area contributed by atoms with E-state index in [2.05, 4.69) is 4.98 Å². The molecule has 0 aliphatic carbocycles. The molecular weight excluding hydrogens is 293 g/mol. The fourth-order valence-corrected chi connectivity index (χ4v) is 1.67. The Bertz CT molecular complexity index is 680. The Morgan fingerprint density at radius 2 is 1.90 bits per heavy atom. The van der Waals surface area contributed by atoms with Crippen LogP contribution in [0.5, 0.6) is 11.5 Å². The van der Waals surface area contributed by atoms with E-state index >= 15 is 0 Å². The van der Waals surface area contributed by atoms with Gasteiger partial charge in [-0.15, -0.1) is 0 Å². The van der Waals surface area contributed by atoms with E-state index in [1.165, 1.54) is 24.5 Å². The summed E-state index contributed by atoms with van der Waals surface area (Å²) in [6.45, 7) is 0. The number of hydrogen-bond donors (Lipinski definition) is 0. The Balaban J connectivity index is 2.34. The van der Waals surface area contributed by atoms with E-state index in [-0.39, 0.29) is 11.5 Å². The maximum Gasteiger partial charge on any atom is 0.417 e. The van der Waals surface area contributed by atoms with Gasteiger partial charge in [0.05, 0.1) is 28.4 Å². The maximum absolute atomic E-state index is 12.6. The molecule has 0 saturated carbocycles. The van der Waals surface area contributed by atoms with Crippen LogP contribution in [-0.4, -0.2) is 4.98 Å². The number of ether oxygens (including phenoxy) is 1. The lowest BCUT2D eigenvalue weighted by molar-refractivity contribution is -0.137. The molecule has 0 unspecified atom stereocenters. The Labute approximate surface area is 117 Å². The second kappa shape index (κ2) is 5.39. The third-order valence-electron chi connectivity index (χ3n) is 2.33. The van der Waals surface area contributed by atoms with E-state index < -0.39 is 17.3 Å². The Morgan fingerprint density at radius 1 is 1.15 bits per heavy atom. The highest BCUT2D eigenvalue weighted by atomic mass is 35.5. The van der Waals surface area contributed by atoms with Crippen molar-refractivity contribution in [3.05, 3.63) is 52.8 Å². The quantitative estimate of drug-likeness (QED) is 0.824. The minimum atomic E-state index is -4.58. The molecule has 1 heterocycles. The molecule has 0 spiro atoms. The maximum atomic E-state index is 12.6. The second-order valence-electron chi connectivity index (χ2n) is 3.76. The van der Waals surface area contributed by atoms with Crippen molar-refractivity contribution in [1.82, 2.24) is 4.98 Å². The molecule has 1 aromatic heterocycles. The number of benzene rings is 1. The van der Waals surface area contributed by atoms with E-state index in [0.29, 0.717) is 5.02 Å². The normalized spacial score (nSPS) is 10.9. The predicted octanol–water partition coefficient (Wildman–Crippen LogP) is 4.42. The van der Waals surface area contributed by atoms with Crippen LogP contribution in [0, 0.1) is 11.3 Å². The predicted molar refractivity (Wildman–Crippen MR) is 65.5 cm³/mol. The SMILES string of the molecule is N#Cc1cc(Oc2cncc(Cl)c2)ccc1C(F)(F)F. The molecule has 0 radical (unpaired) electrons. The van der Waals surface area contributed by atoms with Crippen LogP contribution in [0.3, 0.4) is 0 Å². The molecule has 0 bridgehead atoms. The summed E-state index contributed by atoms with van der Waals surface area (Å²) in [6, 6.07) is 5.90. The van der Waals surface area contributed by atoms with Crippen LogP contribution in [0.15, 0.2) is 36.7 Å². The molecule has 102 valence electrons. The summed E-state index contributed by atoms with van der Waals surface area (Å²) in [6.07, 6.45) is -1.83. The van der Waals surface area contributed by atoms with Crippen LogP contribution in [-0.2, 0) is 6.18 Å². The van der Waals surface area contributed by atoms with Gasteiger partial charge in [0, 0.05) is 12.3 Å². The molecule has 1 aromatic carbocycles. The third kappa shape index (κ3) is 3.19. The average Bonchev–Trinajstić information content (AvgIpc) is 2.37. The Morgan fingerprint density at radius 3 is 2.50 bits per heavy atom. The molecule has 0 aliphatic heterocycles. The molecule has 3 nitrogen and oxygen atoms in total. The molecule has 20 heavy (non-hydrogen) atoms. The number of aromatic nitrogens is 1. The number of nitriles is 1. The van der Waals surface area contributed by atoms with E-state index in [0.717, 1.165) is 18.2 Å². The van der Waals surface area contributed by atoms with Gasteiger partial charge in [0.25, 0.3) is 0 Å². The number of hydrogen-bond acceptors (Lipinski definition) is 3. The third-order valence-corrected chi connectivity index (χ3v) is 2.54. The van der Waals surface area contributed by atoms with E-state index in [1.54, 1.807) is 0 Å². The van der Waals surface area contributed by atoms with Crippen molar-refractivity contribution in [3.63, 3.8) is 0 Å². The van der Waals surface area contributed by atoms with Crippen LogP contribution in [0.25, 0.3) is 0 Å². The highest BCUT2D eigenvalue weighted by Gasteiger charge is 2.33. The first-order valence-electron chi connectivity index (χ1n) is 5.30. The number of nitrogens with zero attached hydrogens (tertiary/aromatic N) is 2. The molecule has 0 N–H and O–H groups in total. The van der Waals surface area contributed by atoms with Crippen LogP contribution < -0.4 is 4.74 Å². The van der Waals surface area contributed by atoms with Crippen LogP contribution in [0.1, 0.15) is 11.1 Å². The Hall–Kier alpha value is -2.26. The van der Waals surface area contributed by atoms with Gasteiger partial charge in [-0.3, -0.25) is 4.98 Å². The van der Waals surface area contributed by atoms with Crippen LogP contribution in [0.2, 0.25) is 5.02 Å². The van der Waals surface area contributed by atoms with Crippen molar-refractivity contribution in [2.75, 3.05) is 0 Å². The van der Waals surface area contributed by atoms with E-state index in [9.17, 15) is 13.2 Å². The van der Waals surface area contributed by atoms with Crippen LogP contribution in [0.4, 0.5) is 13.2 Å². The molecule has 0 aliphatic rings. The van der Waals surface area contributed by atoms with Gasteiger partial charge in [-0.05, 0) is 18.2 Å². The fourth-order valence-electron chi connectivity index (χ4n) is 1.51. The minimum Gasteiger partial charge on any atom is -0.456 e. The lowest BCUT2D eigenvalue weighted by Gasteiger charge is -2.11. The molecule has 2 rings (SSSR count). The zero-order valence-electron chi connectivity index (χ0n) is 9.78. The molecule has 2 aromatic rings. The van der Waals surface area contributed by atoms with Gasteiger partial charge in [-0.25, -0.2) is 0 Å². The van der Waals surface area contributed by atoms with Crippen molar-refractivity contribution in [1.29, 1.82) is 5.26 Å². The molecular formula is C13H6ClF3N2O. The number of alkyl halides is 3. The largest absolute Gasteiger partial charge is 0.456 e. The molecule has 0 fully saturated rings. The standard InChI is InChI=1S/C13H6ClF3N2O/c14-9-4-11(7-19-6-9)20-10-1-2-12(13(15,16)17)8(3-10)5-18/h1-4,6-7H. The zero-order valence-corrected chi connectivity index (χ0v) is 10.5. The summed E-state index contributed by atoms with van der Waals surface area (Å²) >= 11 is 5.71. The van der Waals surface area contributed by atoms with Gasteiger partial charge in [-0.1, -0.05) is 11.6 Å². The number of halogens is 4. The summed E-state index contributed by atoms with van der Waals surface area (Å²) < 4.78 is 43.2. The van der Waals surface area contributed by atoms with Crippen molar-refractivity contribution >= 4 is 11.6 Å². The van der Waals surface area contributed by atoms with Gasteiger partial charge in [0.2, 0.25) is 0 Å². The van der Waals surface area contributed by atoms with Crippen LogP contribution >= 0.6 is 11.6 Å².